The molecule has 4 nitrogen and oxygen atoms in total. The van der Waals surface area contributed by atoms with Gasteiger partial charge in [-0.2, -0.15) is 0 Å². The van der Waals surface area contributed by atoms with Crippen LogP contribution in [0.5, 0.6) is 0 Å². The topological polar surface area (TPSA) is 48.3 Å². The second kappa shape index (κ2) is 7.85. The lowest BCUT2D eigenvalue weighted by molar-refractivity contribution is -0.159. The Labute approximate surface area is 152 Å². The van der Waals surface area contributed by atoms with Crippen LogP contribution in [0.1, 0.15) is 58.6 Å². The molecule has 1 aromatic heterocycles. The van der Waals surface area contributed by atoms with E-state index < -0.39 is 6.04 Å². The lowest BCUT2D eigenvalue weighted by Crippen LogP contribution is -2.38. The minimum absolute atomic E-state index is 0.0485. The fourth-order valence-electron chi connectivity index (χ4n) is 3.60. The predicted octanol–water partition coefficient (Wildman–Crippen LogP) is 4.48. The Balaban J connectivity index is 2.17. The monoisotopic (exact) mass is 397 g/mol. The molecule has 0 spiro atoms. The lowest BCUT2D eigenvalue weighted by Gasteiger charge is -2.37. The van der Waals surface area contributed by atoms with E-state index in [0.717, 1.165) is 18.4 Å². The Bertz CT molecular complexity index is 653. The van der Waals surface area contributed by atoms with Crippen molar-refractivity contribution in [1.29, 1.82) is 0 Å². The van der Waals surface area contributed by atoms with Crippen LogP contribution in [0.2, 0.25) is 0 Å². The highest BCUT2D eigenvalue weighted by Gasteiger charge is 2.34. The minimum Gasteiger partial charge on any atom is -0.461 e. The smallest absolute Gasteiger partial charge is 0.329 e. The number of esters is 1. The maximum atomic E-state index is 12.7. The number of nitrogens with zero attached hydrogens (tertiary/aromatic N) is 1. The molecular weight excluding hydrogens is 370 g/mol. The number of rotatable bonds is 4. The van der Waals surface area contributed by atoms with Crippen molar-refractivity contribution in [2.24, 2.45) is 17.8 Å². The first-order valence-corrected chi connectivity index (χ1v) is 9.58. The average Bonchev–Trinajstić information content (AvgIpc) is 2.49. The third-order valence-electron chi connectivity index (χ3n) is 5.12. The summed E-state index contributed by atoms with van der Waals surface area (Å²) in [6.45, 7) is 10.2. The maximum Gasteiger partial charge on any atom is 0.329 e. The number of halogens is 1. The van der Waals surface area contributed by atoms with Crippen molar-refractivity contribution < 1.29 is 9.53 Å². The van der Waals surface area contributed by atoms with Gasteiger partial charge in [0.15, 0.2) is 0 Å². The largest absolute Gasteiger partial charge is 0.461 e. The summed E-state index contributed by atoms with van der Waals surface area (Å²) in [5.74, 6) is 1.14. The molecule has 1 aromatic rings. The van der Waals surface area contributed by atoms with E-state index in [9.17, 15) is 9.59 Å². The summed E-state index contributed by atoms with van der Waals surface area (Å²) < 4.78 is 7.80. The van der Waals surface area contributed by atoms with Crippen molar-refractivity contribution in [1.82, 2.24) is 4.57 Å². The first-order valence-electron chi connectivity index (χ1n) is 8.79. The van der Waals surface area contributed by atoms with Gasteiger partial charge in [-0.1, -0.05) is 27.2 Å². The van der Waals surface area contributed by atoms with E-state index in [2.05, 4.69) is 36.7 Å². The Morgan fingerprint density at radius 1 is 1.33 bits per heavy atom. The summed E-state index contributed by atoms with van der Waals surface area (Å²) in [6.07, 6.45) is 4.86. The number of hydrogen-bond acceptors (Lipinski definition) is 3. The van der Waals surface area contributed by atoms with E-state index in [1.165, 1.54) is 11.0 Å². The summed E-state index contributed by atoms with van der Waals surface area (Å²) in [6, 6.07) is 1.13. The van der Waals surface area contributed by atoms with Gasteiger partial charge in [0.1, 0.15) is 12.1 Å². The summed E-state index contributed by atoms with van der Waals surface area (Å²) in [7, 11) is 0. The quantitative estimate of drug-likeness (QED) is 0.703. The molecule has 4 unspecified atom stereocenters. The molecule has 5 heteroatoms. The molecule has 0 N–H and O–H groups in total. The van der Waals surface area contributed by atoms with E-state index >= 15 is 0 Å². The van der Waals surface area contributed by atoms with Gasteiger partial charge in [-0.15, -0.1) is 0 Å². The Morgan fingerprint density at radius 3 is 2.62 bits per heavy atom. The highest BCUT2D eigenvalue weighted by atomic mass is 79.9. The number of aromatic nitrogens is 1. The lowest BCUT2D eigenvalue weighted by atomic mass is 9.75. The number of carbonyl (C=O) groups excluding carboxylic acids is 1. The molecule has 134 valence electrons. The van der Waals surface area contributed by atoms with Gasteiger partial charge in [-0.3, -0.25) is 4.79 Å². The first-order chi connectivity index (χ1) is 11.2. The van der Waals surface area contributed by atoms with E-state index in [4.69, 9.17) is 4.74 Å². The fraction of sp³-hybridized carbons (Fsp3) is 0.684. The van der Waals surface area contributed by atoms with Crippen LogP contribution in [0.25, 0.3) is 0 Å². The van der Waals surface area contributed by atoms with Gasteiger partial charge >= 0.3 is 5.97 Å². The number of pyridine rings is 1. The van der Waals surface area contributed by atoms with Crippen molar-refractivity contribution in [3.63, 3.8) is 0 Å². The highest BCUT2D eigenvalue weighted by Crippen LogP contribution is 2.35. The van der Waals surface area contributed by atoms with Gasteiger partial charge < -0.3 is 9.30 Å². The maximum absolute atomic E-state index is 12.7. The molecule has 0 aromatic carbocycles. The second-order valence-corrected chi connectivity index (χ2v) is 8.41. The third kappa shape index (κ3) is 4.29. The molecule has 1 fully saturated rings. The van der Waals surface area contributed by atoms with Crippen molar-refractivity contribution >= 4 is 21.9 Å². The van der Waals surface area contributed by atoms with Gasteiger partial charge in [-0.25, -0.2) is 4.79 Å². The molecule has 0 aliphatic heterocycles. The minimum atomic E-state index is -0.626. The van der Waals surface area contributed by atoms with Gasteiger partial charge in [0, 0.05) is 6.20 Å². The summed E-state index contributed by atoms with van der Waals surface area (Å²) in [5, 5.41) is 0. The van der Waals surface area contributed by atoms with Crippen LogP contribution >= 0.6 is 15.9 Å². The molecule has 4 atom stereocenters. The van der Waals surface area contributed by atoms with E-state index in [-0.39, 0.29) is 17.6 Å². The van der Waals surface area contributed by atoms with Crippen LogP contribution in [0.3, 0.4) is 0 Å². The molecule has 0 amide bonds. The molecule has 0 radical (unpaired) electrons. The highest BCUT2D eigenvalue weighted by molar-refractivity contribution is 9.10. The molecule has 0 saturated heterocycles. The fourth-order valence-corrected chi connectivity index (χ4v) is 4.17. The zero-order valence-corrected chi connectivity index (χ0v) is 16.8. The zero-order chi connectivity index (χ0) is 18.0. The Hall–Kier alpha value is -1.10. The van der Waals surface area contributed by atoms with Crippen molar-refractivity contribution in [3.8, 4) is 0 Å². The Kier molecular flexibility index (Phi) is 6.29. The van der Waals surface area contributed by atoms with Gasteiger partial charge in [0.2, 0.25) is 0 Å². The van der Waals surface area contributed by atoms with Crippen molar-refractivity contribution in [3.05, 3.63) is 32.7 Å². The van der Waals surface area contributed by atoms with E-state index in [0.29, 0.717) is 22.2 Å². The molecule has 1 aliphatic rings. The van der Waals surface area contributed by atoms with Gasteiger partial charge in [0.05, 0.1) is 4.47 Å². The molecular formula is C19H28BrNO3. The standard InChI is InChI=1S/C19H28BrNO3/c1-11(2)15-7-6-12(3)9-17(15)24-19(23)14(5)21-10-13(4)8-16(20)18(21)22/h8,10-12,14-15,17H,6-7,9H2,1-5H3. The average molecular weight is 398 g/mol. The molecule has 1 saturated carbocycles. The summed E-state index contributed by atoms with van der Waals surface area (Å²) in [5.41, 5.74) is 0.718. The van der Waals surface area contributed by atoms with Crippen LogP contribution in [0.4, 0.5) is 0 Å². The molecule has 0 bridgehead atoms. The van der Waals surface area contributed by atoms with Crippen LogP contribution in [0, 0.1) is 24.7 Å². The second-order valence-electron chi connectivity index (χ2n) is 7.56. The number of aryl methyl sites for hydroxylation is 1. The number of carbonyl (C=O) groups is 1. The number of ether oxygens (including phenoxy) is 1. The molecule has 2 rings (SSSR count). The van der Waals surface area contributed by atoms with E-state index in [1.54, 1.807) is 19.2 Å². The first kappa shape index (κ1) is 19.2. The summed E-state index contributed by atoms with van der Waals surface area (Å²) in [4.78, 5) is 25.0. The summed E-state index contributed by atoms with van der Waals surface area (Å²) >= 11 is 3.26. The van der Waals surface area contributed by atoms with Gasteiger partial charge in [0.25, 0.3) is 5.56 Å². The van der Waals surface area contributed by atoms with E-state index in [1.807, 2.05) is 6.92 Å². The number of hydrogen-bond donors (Lipinski definition) is 0. The van der Waals surface area contributed by atoms with Crippen molar-refractivity contribution in [2.75, 3.05) is 0 Å². The van der Waals surface area contributed by atoms with Crippen LogP contribution in [-0.4, -0.2) is 16.6 Å². The molecule has 1 aliphatic carbocycles. The van der Waals surface area contributed by atoms with Crippen LogP contribution in [-0.2, 0) is 9.53 Å². The molecule has 24 heavy (non-hydrogen) atoms. The van der Waals surface area contributed by atoms with Gasteiger partial charge in [-0.05, 0) is 72.0 Å². The van der Waals surface area contributed by atoms with Crippen LogP contribution < -0.4 is 5.56 Å². The normalized spacial score (nSPS) is 25.5. The predicted molar refractivity (Wildman–Crippen MR) is 99.1 cm³/mol. The zero-order valence-electron chi connectivity index (χ0n) is 15.2. The third-order valence-corrected chi connectivity index (χ3v) is 5.69. The van der Waals surface area contributed by atoms with Crippen LogP contribution in [0.15, 0.2) is 21.5 Å². The van der Waals surface area contributed by atoms with Crippen molar-refractivity contribution in [2.45, 2.75) is 66.0 Å². The molecule has 1 heterocycles. The SMILES string of the molecule is Cc1cc(Br)c(=O)n(C(C)C(=O)OC2CC(C)CCC2C(C)C)c1. The Morgan fingerprint density at radius 2 is 2.00 bits per heavy atom.